The van der Waals surface area contributed by atoms with Crippen LogP contribution in [0.2, 0.25) is 0 Å². The van der Waals surface area contributed by atoms with Crippen LogP contribution >= 0.6 is 0 Å². The molecule has 0 N–H and O–H groups in total. The third kappa shape index (κ3) is 2.88. The number of ether oxygens (including phenoxy) is 1. The number of fused-ring (bicyclic) bond motifs is 1. The molecule has 0 atom stereocenters. The number of amides is 2. The van der Waals surface area contributed by atoms with Gasteiger partial charge in [0, 0.05) is 26.2 Å². The van der Waals surface area contributed by atoms with Gasteiger partial charge in [0.05, 0.1) is 12.2 Å². The second-order valence-corrected chi connectivity index (χ2v) is 6.43. The fourth-order valence-corrected chi connectivity index (χ4v) is 3.49. The summed E-state index contributed by atoms with van der Waals surface area (Å²) in [5.41, 5.74) is 2.44. The first-order valence-electron chi connectivity index (χ1n) is 8.50. The maximum absolute atomic E-state index is 12.3. The highest BCUT2D eigenvalue weighted by Crippen LogP contribution is 2.23. The fourth-order valence-electron chi connectivity index (χ4n) is 3.49. The van der Waals surface area contributed by atoms with E-state index in [1.807, 2.05) is 4.90 Å². The van der Waals surface area contributed by atoms with Crippen LogP contribution in [0, 0.1) is 0 Å². The number of hydrogen-bond donors (Lipinski definition) is 0. The highest BCUT2D eigenvalue weighted by molar-refractivity contribution is 5.83. The van der Waals surface area contributed by atoms with Crippen molar-refractivity contribution in [3.63, 3.8) is 0 Å². The third-order valence-electron chi connectivity index (χ3n) is 4.93. The van der Waals surface area contributed by atoms with E-state index in [-0.39, 0.29) is 12.5 Å². The van der Waals surface area contributed by atoms with Gasteiger partial charge in [-0.25, -0.2) is 4.79 Å². The molecular formula is C16H21N5O3. The summed E-state index contributed by atoms with van der Waals surface area (Å²) in [4.78, 5) is 29.2. The van der Waals surface area contributed by atoms with Crippen molar-refractivity contribution in [1.82, 2.24) is 20.0 Å². The first-order valence-corrected chi connectivity index (χ1v) is 8.50. The molecule has 3 heterocycles. The lowest BCUT2D eigenvalue weighted by atomic mass is 10.2. The SMILES string of the molecule is O=C(CN1CCOC1=O)N1CCN(c2cc3c(nn2)CCC3)CC1. The van der Waals surface area contributed by atoms with Gasteiger partial charge in [0.25, 0.3) is 0 Å². The molecule has 8 nitrogen and oxygen atoms in total. The van der Waals surface area contributed by atoms with Gasteiger partial charge >= 0.3 is 6.09 Å². The minimum absolute atomic E-state index is 0.0199. The Balaban J connectivity index is 1.33. The van der Waals surface area contributed by atoms with E-state index in [0.29, 0.717) is 26.2 Å². The molecule has 24 heavy (non-hydrogen) atoms. The van der Waals surface area contributed by atoms with Gasteiger partial charge in [0.15, 0.2) is 5.82 Å². The smallest absolute Gasteiger partial charge is 0.410 e. The first kappa shape index (κ1) is 15.2. The van der Waals surface area contributed by atoms with E-state index < -0.39 is 6.09 Å². The Morgan fingerprint density at radius 2 is 1.96 bits per heavy atom. The number of carbonyl (C=O) groups excluding carboxylic acids is 2. The molecule has 4 rings (SSSR count). The molecule has 2 amide bonds. The molecule has 0 radical (unpaired) electrons. The topological polar surface area (TPSA) is 78.9 Å². The summed E-state index contributed by atoms with van der Waals surface area (Å²) in [5.74, 6) is 0.888. The molecule has 2 saturated heterocycles. The largest absolute Gasteiger partial charge is 0.448 e. The Morgan fingerprint density at radius 1 is 1.12 bits per heavy atom. The Hall–Kier alpha value is -2.38. The zero-order chi connectivity index (χ0) is 16.5. The maximum atomic E-state index is 12.3. The summed E-state index contributed by atoms with van der Waals surface area (Å²) in [6.45, 7) is 3.73. The van der Waals surface area contributed by atoms with Crippen molar-refractivity contribution < 1.29 is 14.3 Å². The molecule has 8 heteroatoms. The summed E-state index contributed by atoms with van der Waals surface area (Å²) < 4.78 is 4.86. The Kier molecular flexibility index (Phi) is 3.95. The molecule has 2 fully saturated rings. The fraction of sp³-hybridized carbons (Fsp3) is 0.625. The van der Waals surface area contributed by atoms with Crippen LogP contribution in [0.5, 0.6) is 0 Å². The number of rotatable bonds is 3. The zero-order valence-corrected chi connectivity index (χ0v) is 13.6. The number of carbonyl (C=O) groups is 2. The van der Waals surface area contributed by atoms with Gasteiger partial charge in [-0.05, 0) is 30.9 Å². The van der Waals surface area contributed by atoms with Crippen LogP contribution in [0.15, 0.2) is 6.07 Å². The molecule has 128 valence electrons. The van der Waals surface area contributed by atoms with Gasteiger partial charge in [-0.15, -0.1) is 5.10 Å². The zero-order valence-electron chi connectivity index (χ0n) is 13.6. The third-order valence-corrected chi connectivity index (χ3v) is 4.93. The summed E-state index contributed by atoms with van der Waals surface area (Å²) >= 11 is 0. The number of hydrogen-bond acceptors (Lipinski definition) is 6. The maximum Gasteiger partial charge on any atom is 0.410 e. The minimum Gasteiger partial charge on any atom is -0.448 e. The number of aryl methyl sites for hydroxylation is 2. The van der Waals surface area contributed by atoms with Crippen molar-refractivity contribution >= 4 is 17.8 Å². The average molecular weight is 331 g/mol. The number of aromatic nitrogens is 2. The van der Waals surface area contributed by atoms with E-state index in [2.05, 4.69) is 21.2 Å². The van der Waals surface area contributed by atoms with Crippen LogP contribution in [-0.2, 0) is 22.4 Å². The molecule has 1 aromatic heterocycles. The molecule has 3 aliphatic rings. The van der Waals surface area contributed by atoms with E-state index >= 15 is 0 Å². The lowest BCUT2D eigenvalue weighted by Gasteiger charge is -2.35. The Bertz CT molecular complexity index is 657. The highest BCUT2D eigenvalue weighted by Gasteiger charge is 2.28. The molecule has 1 aromatic rings. The number of cyclic esters (lactones) is 1. The van der Waals surface area contributed by atoms with Crippen molar-refractivity contribution in [2.75, 3.05) is 50.8 Å². The molecule has 0 aromatic carbocycles. The van der Waals surface area contributed by atoms with Crippen molar-refractivity contribution in [3.05, 3.63) is 17.3 Å². The van der Waals surface area contributed by atoms with Crippen molar-refractivity contribution in [2.45, 2.75) is 19.3 Å². The van der Waals surface area contributed by atoms with E-state index in [9.17, 15) is 9.59 Å². The van der Waals surface area contributed by atoms with Crippen LogP contribution in [0.1, 0.15) is 17.7 Å². The van der Waals surface area contributed by atoms with Gasteiger partial charge in [-0.1, -0.05) is 0 Å². The summed E-state index contributed by atoms with van der Waals surface area (Å²) in [6.07, 6.45) is 2.89. The average Bonchev–Trinajstić information content (AvgIpc) is 3.23. The van der Waals surface area contributed by atoms with E-state index in [1.54, 1.807) is 0 Å². The summed E-state index contributed by atoms with van der Waals surface area (Å²) in [7, 11) is 0. The second kappa shape index (κ2) is 6.26. The Labute approximate surface area is 140 Å². The highest BCUT2D eigenvalue weighted by atomic mass is 16.6. The quantitative estimate of drug-likeness (QED) is 0.780. The molecule has 0 saturated carbocycles. The first-order chi connectivity index (χ1) is 11.7. The van der Waals surface area contributed by atoms with Crippen molar-refractivity contribution in [3.8, 4) is 0 Å². The number of nitrogens with zero attached hydrogens (tertiary/aromatic N) is 5. The predicted molar refractivity (Wildman–Crippen MR) is 85.8 cm³/mol. The number of piperazine rings is 1. The van der Waals surface area contributed by atoms with Crippen molar-refractivity contribution in [1.29, 1.82) is 0 Å². The molecule has 0 bridgehead atoms. The van der Waals surface area contributed by atoms with Gasteiger partial charge in [0.1, 0.15) is 13.2 Å². The lowest BCUT2D eigenvalue weighted by molar-refractivity contribution is -0.132. The predicted octanol–water partition coefficient (Wildman–Crippen LogP) is 0.0661. The van der Waals surface area contributed by atoms with Crippen LogP contribution in [0.25, 0.3) is 0 Å². The summed E-state index contributed by atoms with van der Waals surface area (Å²) in [5, 5.41) is 8.68. The molecule has 0 spiro atoms. The van der Waals surface area contributed by atoms with Gasteiger partial charge < -0.3 is 14.5 Å². The normalized spacial score (nSPS) is 20.3. The summed E-state index contributed by atoms with van der Waals surface area (Å²) in [6, 6.07) is 2.15. The number of anilines is 1. The van der Waals surface area contributed by atoms with E-state index in [1.165, 1.54) is 10.5 Å². The lowest BCUT2D eigenvalue weighted by Crippen LogP contribution is -2.51. The molecule has 2 aliphatic heterocycles. The van der Waals surface area contributed by atoms with Crippen LogP contribution in [0.3, 0.4) is 0 Å². The minimum atomic E-state index is -0.393. The van der Waals surface area contributed by atoms with Crippen LogP contribution in [-0.4, -0.2) is 77.9 Å². The van der Waals surface area contributed by atoms with E-state index in [0.717, 1.165) is 43.9 Å². The van der Waals surface area contributed by atoms with Crippen LogP contribution < -0.4 is 4.90 Å². The monoisotopic (exact) mass is 331 g/mol. The second-order valence-electron chi connectivity index (χ2n) is 6.43. The molecule has 0 unspecified atom stereocenters. The van der Waals surface area contributed by atoms with Crippen molar-refractivity contribution in [2.24, 2.45) is 0 Å². The molecule has 1 aliphatic carbocycles. The van der Waals surface area contributed by atoms with Gasteiger partial charge in [-0.2, -0.15) is 5.10 Å². The molecular weight excluding hydrogens is 310 g/mol. The van der Waals surface area contributed by atoms with Crippen LogP contribution in [0.4, 0.5) is 10.6 Å². The van der Waals surface area contributed by atoms with Gasteiger partial charge in [-0.3, -0.25) is 9.69 Å². The van der Waals surface area contributed by atoms with E-state index in [4.69, 9.17) is 4.74 Å². The van der Waals surface area contributed by atoms with Gasteiger partial charge in [0.2, 0.25) is 5.91 Å². The Morgan fingerprint density at radius 3 is 2.71 bits per heavy atom. The standard InChI is InChI=1S/C16H21N5O3/c22-15(11-21-8-9-24-16(21)23)20-6-4-19(5-7-20)14-10-12-2-1-3-13(12)17-18-14/h10H,1-9,11H2.